The van der Waals surface area contributed by atoms with Crippen molar-refractivity contribution in [3.63, 3.8) is 0 Å². The zero-order valence-corrected chi connectivity index (χ0v) is 16.3. The molecule has 0 nitrogen and oxygen atoms in total. The molecule has 1 aliphatic rings. The van der Waals surface area contributed by atoms with Crippen LogP contribution in [0.15, 0.2) is 64.6 Å². The van der Waals surface area contributed by atoms with Crippen molar-refractivity contribution in [3.8, 4) is 11.1 Å². The highest BCUT2D eigenvalue weighted by Crippen LogP contribution is 2.32. The maximum Gasteiger partial charge on any atom is 0.0175 e. The van der Waals surface area contributed by atoms with Crippen molar-refractivity contribution in [1.82, 2.24) is 0 Å². The molecule has 0 amide bonds. The van der Waals surface area contributed by atoms with Crippen molar-refractivity contribution in [2.24, 2.45) is 11.8 Å². The Kier molecular flexibility index (Phi) is 6.57. The Bertz CT molecular complexity index is 649. The van der Waals surface area contributed by atoms with Crippen molar-refractivity contribution in [1.29, 1.82) is 0 Å². The molecule has 0 heterocycles. The highest BCUT2D eigenvalue weighted by Gasteiger charge is 2.19. The van der Waals surface area contributed by atoms with Gasteiger partial charge in [0, 0.05) is 10.0 Å². The molecule has 24 heavy (non-hydrogen) atoms. The Morgan fingerprint density at radius 3 is 2.04 bits per heavy atom. The van der Waals surface area contributed by atoms with Crippen molar-refractivity contribution < 1.29 is 0 Å². The maximum atomic E-state index is 5.69. The van der Waals surface area contributed by atoms with E-state index in [1.54, 1.807) is 5.54 Å². The minimum absolute atomic E-state index is 0.712. The Morgan fingerprint density at radius 2 is 1.46 bits per heavy atom. The van der Waals surface area contributed by atoms with Crippen LogP contribution >= 0.6 is 27.5 Å². The highest BCUT2D eigenvalue weighted by molar-refractivity contribution is 9.10. The van der Waals surface area contributed by atoms with Gasteiger partial charge in [0.1, 0.15) is 0 Å². The average Bonchev–Trinajstić information content (AvgIpc) is 2.63. The molecule has 2 aromatic carbocycles. The van der Waals surface area contributed by atoms with E-state index in [2.05, 4.69) is 70.5 Å². The van der Waals surface area contributed by atoms with E-state index in [9.17, 15) is 0 Å². The summed E-state index contributed by atoms with van der Waals surface area (Å²) in [5.74, 6) is 1.60. The Labute approximate surface area is 159 Å². The number of halogens is 2. The van der Waals surface area contributed by atoms with E-state index in [-0.39, 0.29) is 0 Å². The summed E-state index contributed by atoms with van der Waals surface area (Å²) in [6.07, 6.45) is 9.98. The average molecular weight is 404 g/mol. The molecule has 2 heteroatoms. The largest absolute Gasteiger partial charge is 0.0933 e. The second kappa shape index (κ2) is 8.87. The lowest BCUT2D eigenvalue weighted by atomic mass is 9.79. The summed E-state index contributed by atoms with van der Waals surface area (Å²) >= 11 is 9.18. The minimum atomic E-state index is 0.712. The Morgan fingerprint density at radius 1 is 0.875 bits per heavy atom. The first-order valence-electron chi connectivity index (χ1n) is 8.86. The van der Waals surface area contributed by atoms with Gasteiger partial charge in [-0.1, -0.05) is 70.0 Å². The topological polar surface area (TPSA) is 0 Å². The van der Waals surface area contributed by atoms with E-state index in [0.717, 1.165) is 10.4 Å². The number of hydrogen-bond acceptors (Lipinski definition) is 0. The van der Waals surface area contributed by atoms with Crippen LogP contribution in [0.25, 0.3) is 11.1 Å². The van der Waals surface area contributed by atoms with Gasteiger partial charge < -0.3 is 0 Å². The molecular weight excluding hydrogens is 380 g/mol. The molecule has 1 aliphatic carbocycles. The van der Waals surface area contributed by atoms with Crippen LogP contribution in [-0.4, -0.2) is 0 Å². The SMILES string of the molecule is Cl/C=C/C1CCC(CCc2ccc(-c3ccc(Br)cc3)cc2)CC1. The summed E-state index contributed by atoms with van der Waals surface area (Å²) in [5, 5.41) is 0. The highest BCUT2D eigenvalue weighted by atomic mass is 79.9. The van der Waals surface area contributed by atoms with Crippen LogP contribution in [0.3, 0.4) is 0 Å². The molecule has 1 fully saturated rings. The lowest BCUT2D eigenvalue weighted by Gasteiger charge is -2.26. The number of benzene rings is 2. The summed E-state index contributed by atoms with van der Waals surface area (Å²) < 4.78 is 1.12. The third-order valence-electron chi connectivity index (χ3n) is 5.21. The van der Waals surface area contributed by atoms with Crippen LogP contribution in [0.5, 0.6) is 0 Å². The van der Waals surface area contributed by atoms with Crippen molar-refractivity contribution in [2.45, 2.75) is 38.5 Å². The first kappa shape index (κ1) is 17.8. The van der Waals surface area contributed by atoms with Gasteiger partial charge in [0.05, 0.1) is 0 Å². The molecule has 126 valence electrons. The van der Waals surface area contributed by atoms with Gasteiger partial charge in [-0.15, -0.1) is 0 Å². The predicted octanol–water partition coefficient (Wildman–Crippen LogP) is 7.61. The van der Waals surface area contributed by atoms with Crippen LogP contribution in [0.2, 0.25) is 0 Å². The molecule has 0 bridgehead atoms. The zero-order chi connectivity index (χ0) is 16.8. The molecule has 2 aromatic rings. The van der Waals surface area contributed by atoms with E-state index in [1.165, 1.54) is 55.2 Å². The van der Waals surface area contributed by atoms with Crippen LogP contribution in [0.4, 0.5) is 0 Å². The molecular formula is C22H24BrCl. The van der Waals surface area contributed by atoms with E-state index in [0.29, 0.717) is 5.92 Å². The molecule has 1 saturated carbocycles. The van der Waals surface area contributed by atoms with Crippen molar-refractivity contribution >= 4 is 27.5 Å². The van der Waals surface area contributed by atoms with Crippen molar-refractivity contribution in [2.75, 3.05) is 0 Å². The van der Waals surface area contributed by atoms with Crippen LogP contribution in [0.1, 0.15) is 37.7 Å². The summed E-state index contributed by atoms with van der Waals surface area (Å²) in [7, 11) is 0. The first-order valence-corrected chi connectivity index (χ1v) is 10.1. The first-order chi connectivity index (χ1) is 11.7. The maximum absolute atomic E-state index is 5.69. The Balaban J connectivity index is 1.51. The predicted molar refractivity (Wildman–Crippen MR) is 108 cm³/mol. The number of hydrogen-bond donors (Lipinski definition) is 0. The van der Waals surface area contributed by atoms with E-state index < -0.39 is 0 Å². The number of allylic oxidation sites excluding steroid dienone is 1. The van der Waals surface area contributed by atoms with Gasteiger partial charge in [0.15, 0.2) is 0 Å². The monoisotopic (exact) mass is 402 g/mol. The minimum Gasteiger partial charge on any atom is -0.0933 e. The van der Waals surface area contributed by atoms with Gasteiger partial charge in [-0.05, 0) is 79.2 Å². The fourth-order valence-electron chi connectivity index (χ4n) is 3.65. The molecule has 0 N–H and O–H groups in total. The summed E-state index contributed by atoms with van der Waals surface area (Å²) in [6.45, 7) is 0. The molecule has 0 atom stereocenters. The summed E-state index contributed by atoms with van der Waals surface area (Å²) in [4.78, 5) is 0. The molecule has 0 spiro atoms. The second-order valence-electron chi connectivity index (χ2n) is 6.84. The van der Waals surface area contributed by atoms with Crippen LogP contribution in [-0.2, 0) is 6.42 Å². The second-order valence-corrected chi connectivity index (χ2v) is 8.01. The molecule has 0 saturated heterocycles. The van der Waals surface area contributed by atoms with Gasteiger partial charge in [0.25, 0.3) is 0 Å². The van der Waals surface area contributed by atoms with E-state index in [4.69, 9.17) is 11.6 Å². The van der Waals surface area contributed by atoms with Gasteiger partial charge in [-0.3, -0.25) is 0 Å². The van der Waals surface area contributed by atoms with Gasteiger partial charge in [-0.25, -0.2) is 0 Å². The third kappa shape index (κ3) is 4.97. The summed E-state index contributed by atoms with van der Waals surface area (Å²) in [6, 6.07) is 17.6. The van der Waals surface area contributed by atoms with Gasteiger partial charge in [-0.2, -0.15) is 0 Å². The fraction of sp³-hybridized carbons (Fsp3) is 0.364. The number of rotatable bonds is 5. The summed E-state index contributed by atoms with van der Waals surface area (Å²) in [5.41, 5.74) is 5.71. The van der Waals surface area contributed by atoms with Crippen LogP contribution in [0, 0.1) is 11.8 Å². The van der Waals surface area contributed by atoms with E-state index in [1.807, 2.05) is 0 Å². The number of aryl methyl sites for hydroxylation is 1. The Hall–Kier alpha value is -1.05. The zero-order valence-electron chi connectivity index (χ0n) is 13.9. The quantitative estimate of drug-likeness (QED) is 0.482. The third-order valence-corrected chi connectivity index (χ3v) is 5.88. The molecule has 0 aliphatic heterocycles. The van der Waals surface area contributed by atoms with E-state index >= 15 is 0 Å². The normalized spacial score (nSPS) is 21.2. The fourth-order valence-corrected chi connectivity index (χ4v) is 4.12. The molecule has 0 aromatic heterocycles. The van der Waals surface area contributed by atoms with Gasteiger partial charge in [0.2, 0.25) is 0 Å². The van der Waals surface area contributed by atoms with Crippen LogP contribution < -0.4 is 0 Å². The molecule has 0 unspecified atom stereocenters. The van der Waals surface area contributed by atoms with Gasteiger partial charge >= 0.3 is 0 Å². The van der Waals surface area contributed by atoms with Crippen molar-refractivity contribution in [3.05, 3.63) is 70.2 Å². The smallest absolute Gasteiger partial charge is 0.0175 e. The lowest BCUT2D eigenvalue weighted by Crippen LogP contribution is -2.13. The molecule has 0 radical (unpaired) electrons. The molecule has 3 rings (SSSR count). The lowest BCUT2D eigenvalue weighted by molar-refractivity contribution is 0.296. The standard InChI is InChI=1S/C22H24BrCl/c23-22-13-11-21(12-14-22)20-9-7-18(8-10-20)2-1-17-3-5-19(6-4-17)15-16-24/h7-17,19H,1-6H2/b16-15+.